The smallest absolute Gasteiger partial charge is 0.241 e. The van der Waals surface area contributed by atoms with Gasteiger partial charge in [-0.2, -0.15) is 0 Å². The predicted molar refractivity (Wildman–Crippen MR) is 100 cm³/mol. The molecular weight excluding hydrogens is 350 g/mol. The van der Waals surface area contributed by atoms with Gasteiger partial charge in [-0.05, 0) is 37.0 Å². The van der Waals surface area contributed by atoms with Gasteiger partial charge in [-0.15, -0.1) is 12.4 Å². The van der Waals surface area contributed by atoms with Crippen molar-refractivity contribution in [3.63, 3.8) is 0 Å². The Balaban J connectivity index is 0.00000288. The molecule has 1 amide bonds. The Hall–Kier alpha value is -1.31. The number of hydrogen-bond donors (Lipinski definition) is 2. The van der Waals surface area contributed by atoms with Gasteiger partial charge >= 0.3 is 0 Å². The summed E-state index contributed by atoms with van der Waals surface area (Å²) in [5.41, 5.74) is 7.98. The molecule has 24 heavy (non-hydrogen) atoms. The quantitative estimate of drug-likeness (QED) is 0.825. The molecule has 0 saturated carbocycles. The van der Waals surface area contributed by atoms with E-state index in [1.54, 1.807) is 12.1 Å². The van der Waals surface area contributed by atoms with E-state index < -0.39 is 16.1 Å². The van der Waals surface area contributed by atoms with Gasteiger partial charge in [0.25, 0.3) is 0 Å². The highest BCUT2D eigenvalue weighted by Crippen LogP contribution is 2.30. The Bertz CT molecular complexity index is 694. The molecule has 8 heteroatoms. The van der Waals surface area contributed by atoms with Gasteiger partial charge in [0.1, 0.15) is 0 Å². The van der Waals surface area contributed by atoms with E-state index >= 15 is 0 Å². The number of anilines is 2. The van der Waals surface area contributed by atoms with Gasteiger partial charge < -0.3 is 11.1 Å². The molecule has 3 N–H and O–H groups in total. The Labute approximate surface area is 150 Å². The Kier molecular flexibility index (Phi) is 7.07. The van der Waals surface area contributed by atoms with Gasteiger partial charge in [0, 0.05) is 12.2 Å². The topological polar surface area (TPSA) is 92.5 Å². The zero-order valence-corrected chi connectivity index (χ0v) is 15.9. The number of benzene rings is 1. The van der Waals surface area contributed by atoms with Crippen LogP contribution in [-0.2, 0) is 14.8 Å². The number of carbonyl (C=O) groups excluding carboxylic acids is 1. The summed E-state index contributed by atoms with van der Waals surface area (Å²) in [5.74, 6) is -0.000590. The average molecular weight is 376 g/mol. The van der Waals surface area contributed by atoms with Crippen LogP contribution in [0.25, 0.3) is 0 Å². The number of nitrogens with zero attached hydrogens (tertiary/aromatic N) is 1. The fraction of sp³-hybridized carbons (Fsp3) is 0.562. The fourth-order valence-electron chi connectivity index (χ4n) is 2.60. The molecule has 1 aromatic rings. The molecule has 2 rings (SSSR count). The number of carbonyl (C=O) groups is 1. The number of rotatable bonds is 5. The van der Waals surface area contributed by atoms with E-state index in [1.165, 1.54) is 4.31 Å². The fourth-order valence-corrected chi connectivity index (χ4v) is 4.22. The van der Waals surface area contributed by atoms with Crippen molar-refractivity contribution in [3.05, 3.63) is 23.8 Å². The zero-order valence-electron chi connectivity index (χ0n) is 14.3. The minimum absolute atomic E-state index is 0. The van der Waals surface area contributed by atoms with Crippen molar-refractivity contribution in [2.75, 3.05) is 21.9 Å². The van der Waals surface area contributed by atoms with Crippen molar-refractivity contribution in [2.45, 2.75) is 39.7 Å². The summed E-state index contributed by atoms with van der Waals surface area (Å²) in [6, 6.07) is 4.70. The summed E-state index contributed by atoms with van der Waals surface area (Å²) >= 11 is 0. The maximum absolute atomic E-state index is 12.2. The third-order valence-corrected chi connectivity index (χ3v) is 6.26. The second kappa shape index (κ2) is 8.18. The van der Waals surface area contributed by atoms with Gasteiger partial charge in [0.15, 0.2) is 0 Å². The largest absolute Gasteiger partial charge is 0.325 e. The standard InChI is InChI=1S/C16H25N3O3S.ClH/c1-4-11(2)15(17)16(20)18-13-7-6-12(3)14(10-13)19-8-5-9-23(19,21)22;/h6-7,10-11,15H,4-5,8-9,17H2,1-3H3,(H,18,20);1H. The molecule has 1 aliphatic heterocycles. The second-order valence-corrected chi connectivity index (χ2v) is 8.16. The molecule has 1 aromatic carbocycles. The molecule has 6 nitrogen and oxygen atoms in total. The van der Waals surface area contributed by atoms with Crippen molar-refractivity contribution in [1.82, 2.24) is 0 Å². The highest BCUT2D eigenvalue weighted by Gasteiger charge is 2.29. The van der Waals surface area contributed by atoms with Crippen LogP contribution in [0, 0.1) is 12.8 Å². The first-order chi connectivity index (χ1) is 10.8. The van der Waals surface area contributed by atoms with Crippen LogP contribution in [0.2, 0.25) is 0 Å². The van der Waals surface area contributed by atoms with E-state index in [1.807, 2.05) is 26.8 Å². The second-order valence-electron chi connectivity index (χ2n) is 6.14. The first-order valence-electron chi connectivity index (χ1n) is 7.93. The van der Waals surface area contributed by atoms with E-state index in [0.717, 1.165) is 12.0 Å². The Morgan fingerprint density at radius 1 is 1.42 bits per heavy atom. The lowest BCUT2D eigenvalue weighted by molar-refractivity contribution is -0.118. The maximum atomic E-state index is 12.2. The van der Waals surface area contributed by atoms with Gasteiger partial charge in [-0.25, -0.2) is 8.42 Å². The third-order valence-electron chi connectivity index (χ3n) is 4.40. The molecule has 0 radical (unpaired) electrons. The predicted octanol–water partition coefficient (Wildman–Crippen LogP) is 2.27. The lowest BCUT2D eigenvalue weighted by Crippen LogP contribution is -2.40. The van der Waals surface area contributed by atoms with Gasteiger partial charge in [0.05, 0.1) is 17.5 Å². The lowest BCUT2D eigenvalue weighted by Gasteiger charge is -2.21. The number of nitrogens with one attached hydrogen (secondary N) is 1. The third kappa shape index (κ3) is 4.40. The molecular formula is C16H26ClN3O3S. The summed E-state index contributed by atoms with van der Waals surface area (Å²) in [6.07, 6.45) is 1.44. The van der Waals surface area contributed by atoms with Crippen LogP contribution in [0.1, 0.15) is 32.3 Å². The highest BCUT2D eigenvalue weighted by molar-refractivity contribution is 7.93. The molecule has 1 saturated heterocycles. The van der Waals surface area contributed by atoms with E-state index in [0.29, 0.717) is 24.3 Å². The molecule has 1 fully saturated rings. The van der Waals surface area contributed by atoms with E-state index in [9.17, 15) is 13.2 Å². The van der Waals surface area contributed by atoms with Crippen molar-refractivity contribution in [3.8, 4) is 0 Å². The van der Waals surface area contributed by atoms with E-state index in [2.05, 4.69) is 5.32 Å². The van der Waals surface area contributed by atoms with Crippen LogP contribution in [0.5, 0.6) is 0 Å². The number of amides is 1. The van der Waals surface area contributed by atoms with Gasteiger partial charge in [0.2, 0.25) is 15.9 Å². The molecule has 0 aliphatic carbocycles. The molecule has 0 aromatic heterocycles. The number of sulfonamides is 1. The molecule has 2 unspecified atom stereocenters. The summed E-state index contributed by atoms with van der Waals surface area (Å²) in [6.45, 7) is 6.26. The Morgan fingerprint density at radius 3 is 2.62 bits per heavy atom. The maximum Gasteiger partial charge on any atom is 0.241 e. The summed E-state index contributed by atoms with van der Waals surface area (Å²) in [5, 5.41) is 2.79. The van der Waals surface area contributed by atoms with Gasteiger partial charge in [-0.1, -0.05) is 26.3 Å². The highest BCUT2D eigenvalue weighted by atomic mass is 35.5. The minimum atomic E-state index is -3.25. The summed E-state index contributed by atoms with van der Waals surface area (Å²) in [4.78, 5) is 12.2. The molecule has 1 aliphatic rings. The molecule has 0 spiro atoms. The SMILES string of the molecule is CCC(C)C(N)C(=O)Nc1ccc(C)c(N2CCCS2(=O)=O)c1.Cl. The molecule has 1 heterocycles. The average Bonchev–Trinajstić information content (AvgIpc) is 2.86. The van der Waals surface area contributed by atoms with E-state index in [-0.39, 0.29) is 30.0 Å². The van der Waals surface area contributed by atoms with Crippen molar-refractivity contribution in [1.29, 1.82) is 0 Å². The van der Waals surface area contributed by atoms with Crippen LogP contribution < -0.4 is 15.4 Å². The number of aryl methyl sites for hydroxylation is 1. The lowest BCUT2D eigenvalue weighted by atomic mass is 9.99. The monoisotopic (exact) mass is 375 g/mol. The number of nitrogens with two attached hydrogens (primary N) is 1. The molecule has 136 valence electrons. The van der Waals surface area contributed by atoms with Crippen LogP contribution in [0.3, 0.4) is 0 Å². The van der Waals surface area contributed by atoms with Crippen molar-refractivity contribution < 1.29 is 13.2 Å². The summed E-state index contributed by atoms with van der Waals surface area (Å²) < 4.78 is 25.6. The Morgan fingerprint density at radius 2 is 2.08 bits per heavy atom. The number of hydrogen-bond acceptors (Lipinski definition) is 4. The summed E-state index contributed by atoms with van der Waals surface area (Å²) in [7, 11) is -3.25. The van der Waals surface area contributed by atoms with Gasteiger partial charge in [-0.3, -0.25) is 9.10 Å². The first kappa shape index (κ1) is 20.7. The van der Waals surface area contributed by atoms with Crippen molar-refractivity contribution >= 4 is 39.7 Å². The molecule has 2 atom stereocenters. The first-order valence-corrected chi connectivity index (χ1v) is 9.54. The van der Waals surface area contributed by atoms with Crippen LogP contribution in [0.4, 0.5) is 11.4 Å². The van der Waals surface area contributed by atoms with Crippen LogP contribution >= 0.6 is 12.4 Å². The van der Waals surface area contributed by atoms with E-state index in [4.69, 9.17) is 5.73 Å². The number of halogens is 1. The zero-order chi connectivity index (χ0) is 17.2. The molecule has 0 bridgehead atoms. The normalized spacial score (nSPS) is 18.6. The van der Waals surface area contributed by atoms with Crippen LogP contribution in [-0.4, -0.2) is 32.7 Å². The minimum Gasteiger partial charge on any atom is -0.325 e. The van der Waals surface area contributed by atoms with Crippen LogP contribution in [0.15, 0.2) is 18.2 Å². The van der Waals surface area contributed by atoms with Crippen molar-refractivity contribution in [2.24, 2.45) is 11.7 Å².